The molecule has 5 fully saturated rings. The van der Waals surface area contributed by atoms with Gasteiger partial charge in [-0.2, -0.15) is 0 Å². The second kappa shape index (κ2) is 36.1. The lowest BCUT2D eigenvalue weighted by Gasteiger charge is -2.42. The molecule has 0 heteroatoms. The first-order valence-electron chi connectivity index (χ1n) is 25.1. The van der Waals surface area contributed by atoms with Crippen molar-refractivity contribution in [1.29, 1.82) is 0 Å². The molecule has 0 aliphatic heterocycles. The van der Waals surface area contributed by atoms with Gasteiger partial charge in [-0.3, -0.25) is 0 Å². The molecule has 5 rings (SSSR count). The van der Waals surface area contributed by atoms with Gasteiger partial charge in [0.25, 0.3) is 0 Å². The Hall–Kier alpha value is 0. The molecular formula is C54H114. The lowest BCUT2D eigenvalue weighted by molar-refractivity contribution is 0.0946. The largest absolute Gasteiger partial charge is 0.0776 e. The van der Waals surface area contributed by atoms with Crippen molar-refractivity contribution in [2.45, 2.75) is 273 Å². The van der Waals surface area contributed by atoms with E-state index in [9.17, 15) is 0 Å². The fourth-order valence-corrected chi connectivity index (χ4v) is 11.1. The van der Waals surface area contributed by atoms with Crippen molar-refractivity contribution >= 4 is 0 Å². The topological polar surface area (TPSA) is 0 Å². The van der Waals surface area contributed by atoms with E-state index in [2.05, 4.69) is 62.3 Å². The molecule has 0 saturated heterocycles. The van der Waals surface area contributed by atoms with E-state index < -0.39 is 0 Å². The van der Waals surface area contributed by atoms with Crippen LogP contribution in [0.3, 0.4) is 0 Å². The van der Waals surface area contributed by atoms with Gasteiger partial charge in [0.1, 0.15) is 0 Å². The predicted octanol–water partition coefficient (Wildman–Crippen LogP) is 19.9. The maximum Gasteiger partial charge on any atom is -0.0386 e. The molecule has 5 saturated carbocycles. The standard InChI is InChI=1S/C24H42.C14H30.C8H16.3C2H6.2CH4/c1-3-7-19(8-4-1)21-11-15-23(16-12-21)24-17-13-22(14-18-24)20-9-5-2-6-10-20;1-8-10(3)12(5)14(7)13(6)11(4)9-2;1-7-3-5-8(2)6-4-7;3*1-2;;/h19-24H,1-18H2;10-14H,8-9H2,1-7H3;7-8H,3-6H2,1-2H3;3*1-2H3;2*1H4. The van der Waals surface area contributed by atoms with Crippen molar-refractivity contribution in [3.8, 4) is 0 Å². The Bertz CT molecular complexity index is 655. The van der Waals surface area contributed by atoms with Gasteiger partial charge < -0.3 is 0 Å². The SMILES string of the molecule is C.C.C1CCC(C2CCC(C3CCC(C4CCCCC4)CC3)CC2)CC1.CC.CC.CC.CC1CCC(C)CC1.CCC(C)C(C)C(C)C(C)C(C)CC. The summed E-state index contributed by atoms with van der Waals surface area (Å²) in [6, 6.07) is 0. The van der Waals surface area contributed by atoms with Gasteiger partial charge in [0.05, 0.1) is 0 Å². The molecule has 0 radical (unpaired) electrons. The first-order chi connectivity index (χ1) is 25.1. The van der Waals surface area contributed by atoms with Gasteiger partial charge in [-0.1, -0.05) is 221 Å². The normalized spacial score (nSPS) is 30.1. The van der Waals surface area contributed by atoms with Gasteiger partial charge in [0.15, 0.2) is 0 Å². The maximum atomic E-state index is 2.44. The second-order valence-corrected chi connectivity index (χ2v) is 18.9. The maximum absolute atomic E-state index is 2.44. The Morgan fingerprint density at radius 3 is 0.722 bits per heavy atom. The van der Waals surface area contributed by atoms with Crippen molar-refractivity contribution < 1.29 is 0 Å². The first-order valence-corrected chi connectivity index (χ1v) is 25.1. The predicted molar refractivity (Wildman–Crippen MR) is 255 cm³/mol. The number of rotatable bonds is 9. The molecule has 0 aromatic heterocycles. The summed E-state index contributed by atoms with van der Waals surface area (Å²) < 4.78 is 0. The van der Waals surface area contributed by atoms with Crippen LogP contribution in [0.2, 0.25) is 0 Å². The quantitative estimate of drug-likeness (QED) is 0.219. The lowest BCUT2D eigenvalue weighted by Crippen LogP contribution is -2.30. The monoisotopic (exact) mass is 763 g/mol. The lowest BCUT2D eigenvalue weighted by atomic mass is 9.64. The Balaban J connectivity index is -0.000000743. The Morgan fingerprint density at radius 2 is 0.519 bits per heavy atom. The molecule has 0 spiro atoms. The minimum atomic E-state index is 0. The van der Waals surface area contributed by atoms with E-state index in [1.54, 1.807) is 77.0 Å². The summed E-state index contributed by atoms with van der Waals surface area (Å²) in [7, 11) is 0. The highest BCUT2D eigenvalue weighted by molar-refractivity contribution is 4.86. The molecule has 5 aliphatic rings. The summed E-state index contributed by atoms with van der Waals surface area (Å²) in [6.07, 6.45) is 36.8. The Labute approximate surface area is 348 Å². The van der Waals surface area contributed by atoms with Crippen LogP contribution in [-0.2, 0) is 0 Å². The van der Waals surface area contributed by atoms with Gasteiger partial charge in [-0.15, -0.1) is 0 Å². The summed E-state index contributed by atoms with van der Waals surface area (Å²) in [4.78, 5) is 0. The summed E-state index contributed by atoms with van der Waals surface area (Å²) in [5.74, 6) is 13.1. The molecule has 0 heterocycles. The summed E-state index contributed by atoms with van der Waals surface area (Å²) in [5.41, 5.74) is 0. The molecule has 4 unspecified atom stereocenters. The average molecular weight is 764 g/mol. The van der Waals surface area contributed by atoms with Gasteiger partial charge in [0.2, 0.25) is 0 Å². The number of hydrogen-bond acceptors (Lipinski definition) is 0. The van der Waals surface area contributed by atoms with Crippen LogP contribution in [0.25, 0.3) is 0 Å². The Morgan fingerprint density at radius 1 is 0.315 bits per heavy atom. The van der Waals surface area contributed by atoms with Crippen LogP contribution < -0.4 is 0 Å². The summed E-state index contributed by atoms with van der Waals surface area (Å²) in [5, 5.41) is 0. The fourth-order valence-electron chi connectivity index (χ4n) is 11.1. The third-order valence-corrected chi connectivity index (χ3v) is 16.0. The van der Waals surface area contributed by atoms with E-state index in [0.717, 1.165) is 76.9 Å². The minimum Gasteiger partial charge on any atom is -0.0776 e. The number of hydrogen-bond donors (Lipinski definition) is 0. The van der Waals surface area contributed by atoms with Crippen LogP contribution in [0, 0.1) is 76.9 Å². The molecule has 0 N–H and O–H groups in total. The highest BCUT2D eigenvalue weighted by Crippen LogP contribution is 2.47. The van der Waals surface area contributed by atoms with Crippen LogP contribution in [-0.4, -0.2) is 0 Å². The summed E-state index contributed by atoms with van der Waals surface area (Å²) in [6.45, 7) is 33.4. The molecule has 54 heavy (non-hydrogen) atoms. The van der Waals surface area contributed by atoms with Gasteiger partial charge in [-0.05, 0) is 128 Å². The first kappa shape index (κ1) is 58.3. The molecular weight excluding hydrogens is 649 g/mol. The molecule has 0 bridgehead atoms. The van der Waals surface area contributed by atoms with Crippen molar-refractivity contribution in [3.63, 3.8) is 0 Å². The van der Waals surface area contributed by atoms with Crippen LogP contribution in [0.15, 0.2) is 0 Å². The zero-order valence-corrected chi connectivity index (χ0v) is 39.5. The van der Waals surface area contributed by atoms with E-state index in [1.165, 1.54) is 77.0 Å². The van der Waals surface area contributed by atoms with Crippen LogP contribution in [0.4, 0.5) is 0 Å². The fraction of sp³-hybridized carbons (Fsp3) is 1.00. The van der Waals surface area contributed by atoms with Crippen LogP contribution in [0.5, 0.6) is 0 Å². The van der Waals surface area contributed by atoms with Crippen molar-refractivity contribution in [3.05, 3.63) is 0 Å². The van der Waals surface area contributed by atoms with E-state index in [4.69, 9.17) is 0 Å². The molecule has 0 aromatic carbocycles. The van der Waals surface area contributed by atoms with Crippen LogP contribution in [0.1, 0.15) is 273 Å². The van der Waals surface area contributed by atoms with Crippen molar-refractivity contribution in [2.75, 3.05) is 0 Å². The molecule has 0 aromatic rings. The van der Waals surface area contributed by atoms with E-state index in [-0.39, 0.29) is 14.9 Å². The summed E-state index contributed by atoms with van der Waals surface area (Å²) >= 11 is 0. The average Bonchev–Trinajstić information content (AvgIpc) is 3.24. The Kier molecular flexibility index (Phi) is 39.0. The zero-order valence-electron chi connectivity index (χ0n) is 39.5. The second-order valence-electron chi connectivity index (χ2n) is 18.9. The van der Waals surface area contributed by atoms with E-state index in [0.29, 0.717) is 0 Å². The molecule has 4 atom stereocenters. The molecule has 5 aliphatic carbocycles. The third-order valence-electron chi connectivity index (χ3n) is 16.0. The van der Waals surface area contributed by atoms with Gasteiger partial charge in [0, 0.05) is 0 Å². The molecule has 0 amide bonds. The zero-order chi connectivity index (χ0) is 39.5. The molecule has 330 valence electrons. The van der Waals surface area contributed by atoms with Gasteiger partial charge in [-0.25, -0.2) is 0 Å². The van der Waals surface area contributed by atoms with E-state index >= 15 is 0 Å². The van der Waals surface area contributed by atoms with Gasteiger partial charge >= 0.3 is 0 Å². The molecule has 0 nitrogen and oxygen atoms in total. The van der Waals surface area contributed by atoms with Crippen molar-refractivity contribution in [1.82, 2.24) is 0 Å². The van der Waals surface area contributed by atoms with Crippen LogP contribution >= 0.6 is 0 Å². The highest BCUT2D eigenvalue weighted by Gasteiger charge is 2.35. The highest BCUT2D eigenvalue weighted by atomic mass is 14.4. The van der Waals surface area contributed by atoms with E-state index in [1.807, 2.05) is 41.5 Å². The minimum absolute atomic E-state index is 0. The third kappa shape index (κ3) is 22.2. The van der Waals surface area contributed by atoms with Crippen molar-refractivity contribution in [2.24, 2.45) is 76.9 Å². The smallest absolute Gasteiger partial charge is 0.0386 e.